The van der Waals surface area contributed by atoms with E-state index < -0.39 is 0 Å². The Morgan fingerprint density at radius 3 is 2.54 bits per heavy atom. The van der Waals surface area contributed by atoms with Gasteiger partial charge in [-0.2, -0.15) is 4.68 Å². The first kappa shape index (κ1) is 19.7. The number of anilines is 1. The van der Waals surface area contributed by atoms with Gasteiger partial charge in [-0.15, -0.1) is 5.10 Å². The standard InChI is InChI=1S/C19H21N5O3S/c1-12-7-13(2)9-14(8-12)24-19(21-22-23-24)28-11-18(25)20-16-10-15(26-3)5-6-17(16)27-4/h5-10H,11H2,1-4H3,(H,20,25). The number of carbonyl (C=O) groups is 1. The Labute approximate surface area is 167 Å². The molecule has 0 radical (unpaired) electrons. The number of aromatic nitrogens is 4. The smallest absolute Gasteiger partial charge is 0.234 e. The monoisotopic (exact) mass is 399 g/mol. The van der Waals surface area contributed by atoms with Crippen molar-refractivity contribution in [1.29, 1.82) is 0 Å². The number of hydrogen-bond donors (Lipinski definition) is 1. The van der Waals surface area contributed by atoms with Gasteiger partial charge in [-0.3, -0.25) is 4.79 Å². The highest BCUT2D eigenvalue weighted by atomic mass is 32.2. The minimum Gasteiger partial charge on any atom is -0.497 e. The number of thioether (sulfide) groups is 1. The number of aryl methyl sites for hydroxylation is 2. The number of carbonyl (C=O) groups excluding carboxylic acids is 1. The molecule has 2 aromatic carbocycles. The van der Waals surface area contributed by atoms with Crippen LogP contribution < -0.4 is 14.8 Å². The highest BCUT2D eigenvalue weighted by Crippen LogP contribution is 2.29. The largest absolute Gasteiger partial charge is 0.497 e. The third kappa shape index (κ3) is 4.61. The molecule has 0 saturated heterocycles. The van der Waals surface area contributed by atoms with Crippen molar-refractivity contribution in [3.8, 4) is 17.2 Å². The van der Waals surface area contributed by atoms with Crippen molar-refractivity contribution in [2.45, 2.75) is 19.0 Å². The third-order valence-electron chi connectivity index (χ3n) is 3.91. The number of amides is 1. The molecule has 28 heavy (non-hydrogen) atoms. The molecule has 0 bridgehead atoms. The summed E-state index contributed by atoms with van der Waals surface area (Å²) in [6.07, 6.45) is 0. The summed E-state index contributed by atoms with van der Waals surface area (Å²) in [5.41, 5.74) is 3.63. The quantitative estimate of drug-likeness (QED) is 0.611. The summed E-state index contributed by atoms with van der Waals surface area (Å²) >= 11 is 1.25. The van der Waals surface area contributed by atoms with Crippen LogP contribution in [0.5, 0.6) is 11.5 Å². The summed E-state index contributed by atoms with van der Waals surface area (Å²) in [6, 6.07) is 11.3. The first-order valence-corrected chi connectivity index (χ1v) is 9.50. The molecule has 1 heterocycles. The van der Waals surface area contributed by atoms with Crippen molar-refractivity contribution in [3.05, 3.63) is 47.5 Å². The average molecular weight is 399 g/mol. The van der Waals surface area contributed by atoms with E-state index in [1.807, 2.05) is 26.0 Å². The SMILES string of the molecule is COc1ccc(OC)c(NC(=O)CSc2nnnn2-c2cc(C)cc(C)c2)c1. The number of nitrogens with one attached hydrogen (secondary N) is 1. The molecule has 146 valence electrons. The molecule has 1 amide bonds. The number of tetrazole rings is 1. The van der Waals surface area contributed by atoms with Gasteiger partial charge in [0, 0.05) is 6.07 Å². The maximum absolute atomic E-state index is 12.4. The first-order valence-electron chi connectivity index (χ1n) is 8.52. The second-order valence-corrected chi connectivity index (χ2v) is 7.06. The van der Waals surface area contributed by atoms with Crippen LogP contribution in [0.1, 0.15) is 11.1 Å². The average Bonchev–Trinajstić information content (AvgIpc) is 3.14. The minimum atomic E-state index is -0.202. The molecule has 9 heteroatoms. The predicted molar refractivity (Wildman–Crippen MR) is 108 cm³/mol. The van der Waals surface area contributed by atoms with E-state index in [4.69, 9.17) is 9.47 Å². The van der Waals surface area contributed by atoms with Gasteiger partial charge in [-0.1, -0.05) is 17.8 Å². The van der Waals surface area contributed by atoms with E-state index in [0.29, 0.717) is 22.3 Å². The maximum Gasteiger partial charge on any atom is 0.234 e. The number of hydrogen-bond acceptors (Lipinski definition) is 7. The highest BCUT2D eigenvalue weighted by molar-refractivity contribution is 7.99. The van der Waals surface area contributed by atoms with Crippen molar-refractivity contribution in [2.24, 2.45) is 0 Å². The lowest BCUT2D eigenvalue weighted by Gasteiger charge is -2.11. The van der Waals surface area contributed by atoms with Gasteiger partial charge in [-0.25, -0.2) is 0 Å². The molecule has 0 aliphatic carbocycles. The second-order valence-electron chi connectivity index (χ2n) is 6.12. The zero-order chi connectivity index (χ0) is 20.1. The molecule has 0 atom stereocenters. The van der Waals surface area contributed by atoms with Gasteiger partial charge >= 0.3 is 0 Å². The van der Waals surface area contributed by atoms with Crippen LogP contribution in [0.15, 0.2) is 41.6 Å². The fourth-order valence-electron chi connectivity index (χ4n) is 2.73. The number of nitrogens with zero attached hydrogens (tertiary/aromatic N) is 4. The van der Waals surface area contributed by atoms with Crippen LogP contribution in [-0.2, 0) is 4.79 Å². The van der Waals surface area contributed by atoms with Gasteiger partial charge in [0.2, 0.25) is 11.1 Å². The predicted octanol–water partition coefficient (Wildman–Crippen LogP) is 3.03. The Balaban J connectivity index is 1.70. The van der Waals surface area contributed by atoms with Crippen LogP contribution in [0.25, 0.3) is 5.69 Å². The summed E-state index contributed by atoms with van der Waals surface area (Å²) in [7, 11) is 3.11. The minimum absolute atomic E-state index is 0.144. The molecule has 0 unspecified atom stereocenters. The Hall–Kier alpha value is -3.07. The molecule has 1 N–H and O–H groups in total. The number of methoxy groups -OCH3 is 2. The molecule has 0 fully saturated rings. The molecular weight excluding hydrogens is 378 g/mol. The number of rotatable bonds is 7. The van der Waals surface area contributed by atoms with Gasteiger partial charge in [0.15, 0.2) is 0 Å². The molecule has 0 aliphatic rings. The second kappa shape index (κ2) is 8.75. The molecule has 3 aromatic rings. The molecule has 8 nitrogen and oxygen atoms in total. The van der Waals surface area contributed by atoms with Crippen LogP contribution in [0.4, 0.5) is 5.69 Å². The third-order valence-corrected chi connectivity index (χ3v) is 4.82. The molecule has 3 rings (SSSR count). The van der Waals surface area contributed by atoms with E-state index in [1.165, 1.54) is 11.8 Å². The first-order chi connectivity index (χ1) is 13.5. The maximum atomic E-state index is 12.4. The Morgan fingerprint density at radius 1 is 1.11 bits per heavy atom. The number of ether oxygens (including phenoxy) is 2. The van der Waals surface area contributed by atoms with Gasteiger partial charge < -0.3 is 14.8 Å². The Kier molecular flexibility index (Phi) is 6.15. The van der Waals surface area contributed by atoms with Crippen LogP contribution in [0.3, 0.4) is 0 Å². The van der Waals surface area contributed by atoms with Crippen LogP contribution >= 0.6 is 11.8 Å². The van der Waals surface area contributed by atoms with Crippen molar-refractivity contribution < 1.29 is 14.3 Å². The highest BCUT2D eigenvalue weighted by Gasteiger charge is 2.14. The lowest BCUT2D eigenvalue weighted by Crippen LogP contribution is -2.15. The normalized spacial score (nSPS) is 10.6. The van der Waals surface area contributed by atoms with E-state index in [9.17, 15) is 4.79 Å². The Bertz CT molecular complexity index is 969. The van der Waals surface area contributed by atoms with Gasteiger partial charge in [0.25, 0.3) is 0 Å². The lowest BCUT2D eigenvalue weighted by molar-refractivity contribution is -0.113. The summed E-state index contributed by atoms with van der Waals surface area (Å²) in [5.74, 6) is 1.12. The molecular formula is C19H21N5O3S. The van der Waals surface area contributed by atoms with Gasteiger partial charge in [0.05, 0.1) is 31.3 Å². The van der Waals surface area contributed by atoms with Crippen molar-refractivity contribution in [3.63, 3.8) is 0 Å². The van der Waals surface area contributed by atoms with Crippen molar-refractivity contribution >= 4 is 23.4 Å². The van der Waals surface area contributed by atoms with Gasteiger partial charge in [0.1, 0.15) is 11.5 Å². The summed E-state index contributed by atoms with van der Waals surface area (Å²) in [5, 5.41) is 15.2. The van der Waals surface area contributed by atoms with Crippen molar-refractivity contribution in [2.75, 3.05) is 25.3 Å². The van der Waals surface area contributed by atoms with Crippen LogP contribution in [0, 0.1) is 13.8 Å². The lowest BCUT2D eigenvalue weighted by atomic mass is 10.1. The summed E-state index contributed by atoms with van der Waals surface area (Å²) in [4.78, 5) is 12.4. The topological polar surface area (TPSA) is 91.2 Å². The van der Waals surface area contributed by atoms with Crippen LogP contribution in [0.2, 0.25) is 0 Å². The fraction of sp³-hybridized carbons (Fsp3) is 0.263. The zero-order valence-electron chi connectivity index (χ0n) is 16.1. The molecule has 0 aliphatic heterocycles. The number of benzene rings is 2. The fourth-order valence-corrected chi connectivity index (χ4v) is 3.42. The van der Waals surface area contributed by atoms with E-state index in [2.05, 4.69) is 26.9 Å². The van der Waals surface area contributed by atoms with Crippen molar-refractivity contribution in [1.82, 2.24) is 20.2 Å². The van der Waals surface area contributed by atoms with E-state index >= 15 is 0 Å². The molecule has 1 aromatic heterocycles. The van der Waals surface area contributed by atoms with Gasteiger partial charge in [-0.05, 0) is 59.7 Å². The summed E-state index contributed by atoms with van der Waals surface area (Å²) in [6.45, 7) is 4.03. The van der Waals surface area contributed by atoms with E-state index in [1.54, 1.807) is 37.1 Å². The molecule has 0 saturated carbocycles. The summed E-state index contributed by atoms with van der Waals surface area (Å²) < 4.78 is 12.1. The molecule has 0 spiro atoms. The van der Waals surface area contributed by atoms with E-state index in [-0.39, 0.29) is 11.7 Å². The van der Waals surface area contributed by atoms with Crippen LogP contribution in [-0.4, -0.2) is 46.1 Å². The Morgan fingerprint density at radius 2 is 1.86 bits per heavy atom. The zero-order valence-corrected chi connectivity index (χ0v) is 16.9. The van der Waals surface area contributed by atoms with E-state index in [0.717, 1.165) is 16.8 Å².